The minimum atomic E-state index is -0.610. The highest BCUT2D eigenvalue weighted by molar-refractivity contribution is 6.30. The van der Waals surface area contributed by atoms with Gasteiger partial charge in [-0.3, -0.25) is 4.79 Å². The van der Waals surface area contributed by atoms with Crippen LogP contribution >= 0.6 is 11.6 Å². The molecule has 6 heteroatoms. The first-order valence-electron chi connectivity index (χ1n) is 7.20. The predicted molar refractivity (Wildman–Crippen MR) is 82.9 cm³/mol. The Balaban J connectivity index is 1.67. The van der Waals surface area contributed by atoms with E-state index in [9.17, 15) is 4.79 Å². The van der Waals surface area contributed by atoms with E-state index in [1.54, 1.807) is 7.11 Å². The molecule has 2 fully saturated rings. The second kappa shape index (κ2) is 5.39. The zero-order chi connectivity index (χ0) is 15.0. The van der Waals surface area contributed by atoms with Gasteiger partial charge in [0.25, 0.3) is 0 Å². The number of ether oxygens (including phenoxy) is 1. The second-order valence-corrected chi connectivity index (χ2v) is 6.31. The molecule has 21 heavy (non-hydrogen) atoms. The summed E-state index contributed by atoms with van der Waals surface area (Å²) in [6, 6.07) is 5.70. The second-order valence-electron chi connectivity index (χ2n) is 5.88. The van der Waals surface area contributed by atoms with Crippen LogP contribution in [0.25, 0.3) is 0 Å². The molecule has 1 atom stereocenters. The molecular formula is C15H20ClN3O2. The van der Waals surface area contributed by atoms with Gasteiger partial charge in [0.05, 0.1) is 18.3 Å². The van der Waals surface area contributed by atoms with E-state index in [-0.39, 0.29) is 11.9 Å². The van der Waals surface area contributed by atoms with Crippen LogP contribution < -0.4 is 20.7 Å². The number of methoxy groups -OCH3 is 1. The predicted octanol–water partition coefficient (Wildman–Crippen LogP) is 1.53. The Hall–Kier alpha value is -1.46. The Bertz CT molecular complexity index is 560. The van der Waals surface area contributed by atoms with E-state index in [0.717, 1.165) is 43.8 Å². The van der Waals surface area contributed by atoms with Crippen LogP contribution in [-0.2, 0) is 4.79 Å². The lowest BCUT2D eigenvalue weighted by Crippen LogP contribution is -2.47. The summed E-state index contributed by atoms with van der Waals surface area (Å²) in [4.78, 5) is 14.2. The number of hydrogen-bond donors (Lipinski definition) is 2. The summed E-state index contributed by atoms with van der Waals surface area (Å²) in [7, 11) is 1.65. The molecule has 114 valence electrons. The molecule has 2 aliphatic rings. The summed E-state index contributed by atoms with van der Waals surface area (Å²) in [5.41, 5.74) is 6.27. The molecule has 0 bridgehead atoms. The van der Waals surface area contributed by atoms with Crippen molar-refractivity contribution < 1.29 is 9.53 Å². The lowest BCUT2D eigenvalue weighted by atomic mass is 10.2. The number of benzene rings is 1. The third kappa shape index (κ3) is 2.94. The van der Waals surface area contributed by atoms with Gasteiger partial charge in [0, 0.05) is 24.2 Å². The summed E-state index contributed by atoms with van der Waals surface area (Å²) >= 11 is 6.07. The van der Waals surface area contributed by atoms with Crippen molar-refractivity contribution in [3.63, 3.8) is 0 Å². The zero-order valence-corrected chi connectivity index (χ0v) is 12.8. The number of rotatable bonds is 4. The van der Waals surface area contributed by atoms with E-state index in [2.05, 4.69) is 10.2 Å². The summed E-state index contributed by atoms with van der Waals surface area (Å²) in [6.45, 7) is 1.61. The molecule has 0 aromatic heterocycles. The van der Waals surface area contributed by atoms with Gasteiger partial charge in [0.2, 0.25) is 5.91 Å². The molecule has 3 rings (SSSR count). The Morgan fingerprint density at radius 1 is 1.52 bits per heavy atom. The Morgan fingerprint density at radius 3 is 2.95 bits per heavy atom. The standard InChI is InChI=1S/C15H20ClN3O2/c1-21-13-3-2-10(16)8-12(13)19-7-4-11(9-19)18-14(20)15(17)5-6-15/h2-3,8,11H,4-7,9,17H2,1H3,(H,18,20). The number of amides is 1. The average Bonchev–Trinajstić information content (AvgIpc) is 3.06. The topological polar surface area (TPSA) is 67.6 Å². The molecule has 1 saturated heterocycles. The maximum absolute atomic E-state index is 12.0. The fourth-order valence-electron chi connectivity index (χ4n) is 2.70. The molecule has 1 unspecified atom stereocenters. The van der Waals surface area contributed by atoms with Gasteiger partial charge in [-0.05, 0) is 37.5 Å². The van der Waals surface area contributed by atoms with Gasteiger partial charge in [-0.2, -0.15) is 0 Å². The van der Waals surface area contributed by atoms with Crippen LogP contribution in [0, 0.1) is 0 Å². The Morgan fingerprint density at radius 2 is 2.29 bits per heavy atom. The van der Waals surface area contributed by atoms with Crippen molar-refractivity contribution in [3.05, 3.63) is 23.2 Å². The van der Waals surface area contributed by atoms with E-state index in [4.69, 9.17) is 22.1 Å². The van der Waals surface area contributed by atoms with Crippen molar-refractivity contribution in [2.45, 2.75) is 30.8 Å². The third-order valence-corrected chi connectivity index (χ3v) is 4.48. The van der Waals surface area contributed by atoms with Gasteiger partial charge in [-0.15, -0.1) is 0 Å². The lowest BCUT2D eigenvalue weighted by molar-refractivity contribution is -0.123. The van der Waals surface area contributed by atoms with Gasteiger partial charge >= 0.3 is 0 Å². The first-order chi connectivity index (χ1) is 10.0. The molecule has 1 aliphatic carbocycles. The molecule has 1 aromatic carbocycles. The SMILES string of the molecule is COc1ccc(Cl)cc1N1CCC(NC(=O)C2(N)CC2)C1. The van der Waals surface area contributed by atoms with E-state index in [1.807, 2.05) is 18.2 Å². The number of nitrogens with two attached hydrogens (primary N) is 1. The normalized spacial score (nSPS) is 23.0. The summed E-state index contributed by atoms with van der Waals surface area (Å²) in [5.74, 6) is 0.774. The first kappa shape index (κ1) is 14.5. The van der Waals surface area contributed by atoms with Crippen LogP contribution in [0.4, 0.5) is 5.69 Å². The number of hydrogen-bond acceptors (Lipinski definition) is 4. The van der Waals surface area contributed by atoms with Crippen molar-refractivity contribution in [2.75, 3.05) is 25.1 Å². The lowest BCUT2D eigenvalue weighted by Gasteiger charge is -2.22. The molecule has 3 N–H and O–H groups in total. The first-order valence-corrected chi connectivity index (χ1v) is 7.58. The Kier molecular flexibility index (Phi) is 3.71. The number of anilines is 1. The van der Waals surface area contributed by atoms with Crippen molar-refractivity contribution in [1.29, 1.82) is 0 Å². The van der Waals surface area contributed by atoms with Crippen LogP contribution in [0.3, 0.4) is 0 Å². The zero-order valence-electron chi connectivity index (χ0n) is 12.1. The number of carbonyl (C=O) groups is 1. The molecule has 0 radical (unpaired) electrons. The van der Waals surface area contributed by atoms with Crippen molar-refractivity contribution in [3.8, 4) is 5.75 Å². The Labute approximate surface area is 129 Å². The third-order valence-electron chi connectivity index (χ3n) is 4.25. The molecular weight excluding hydrogens is 290 g/mol. The van der Waals surface area contributed by atoms with Crippen LogP contribution in [-0.4, -0.2) is 37.7 Å². The number of nitrogens with zero attached hydrogens (tertiary/aromatic N) is 1. The van der Waals surface area contributed by atoms with Gasteiger partial charge in [0.15, 0.2) is 0 Å². The summed E-state index contributed by atoms with van der Waals surface area (Å²) in [5, 5.41) is 3.73. The highest BCUT2D eigenvalue weighted by Crippen LogP contribution is 2.35. The molecule has 1 aromatic rings. The number of halogens is 1. The average molecular weight is 310 g/mol. The van der Waals surface area contributed by atoms with E-state index < -0.39 is 5.54 Å². The largest absolute Gasteiger partial charge is 0.495 e. The maximum atomic E-state index is 12.0. The van der Waals surface area contributed by atoms with E-state index >= 15 is 0 Å². The minimum absolute atomic E-state index is 0.0209. The quantitative estimate of drug-likeness (QED) is 0.885. The van der Waals surface area contributed by atoms with E-state index in [1.165, 1.54) is 0 Å². The van der Waals surface area contributed by atoms with Crippen LogP contribution in [0.15, 0.2) is 18.2 Å². The van der Waals surface area contributed by atoms with E-state index in [0.29, 0.717) is 5.02 Å². The fourth-order valence-corrected chi connectivity index (χ4v) is 2.86. The fraction of sp³-hybridized carbons (Fsp3) is 0.533. The van der Waals surface area contributed by atoms with Crippen LogP contribution in [0.1, 0.15) is 19.3 Å². The van der Waals surface area contributed by atoms with Crippen molar-refractivity contribution in [1.82, 2.24) is 5.32 Å². The molecule has 0 spiro atoms. The number of nitrogens with one attached hydrogen (secondary N) is 1. The summed E-state index contributed by atoms with van der Waals surface area (Å²) < 4.78 is 5.39. The van der Waals surface area contributed by atoms with Crippen LogP contribution in [0.2, 0.25) is 5.02 Å². The van der Waals surface area contributed by atoms with Gasteiger partial charge in [-0.1, -0.05) is 11.6 Å². The number of carbonyl (C=O) groups excluding carboxylic acids is 1. The molecule has 1 saturated carbocycles. The summed E-state index contributed by atoms with van der Waals surface area (Å²) in [6.07, 6.45) is 2.48. The monoisotopic (exact) mass is 309 g/mol. The van der Waals surface area contributed by atoms with Crippen molar-refractivity contribution in [2.24, 2.45) is 5.73 Å². The van der Waals surface area contributed by atoms with Gasteiger partial charge < -0.3 is 20.7 Å². The van der Waals surface area contributed by atoms with Gasteiger partial charge in [0.1, 0.15) is 5.75 Å². The molecule has 1 heterocycles. The van der Waals surface area contributed by atoms with Crippen LogP contribution in [0.5, 0.6) is 5.75 Å². The smallest absolute Gasteiger partial charge is 0.240 e. The maximum Gasteiger partial charge on any atom is 0.240 e. The molecule has 1 amide bonds. The molecule has 5 nitrogen and oxygen atoms in total. The van der Waals surface area contributed by atoms with Crippen molar-refractivity contribution >= 4 is 23.2 Å². The minimum Gasteiger partial charge on any atom is -0.495 e. The molecule has 1 aliphatic heterocycles. The highest BCUT2D eigenvalue weighted by Gasteiger charge is 2.46. The highest BCUT2D eigenvalue weighted by atomic mass is 35.5. The van der Waals surface area contributed by atoms with Gasteiger partial charge in [-0.25, -0.2) is 0 Å².